The van der Waals surface area contributed by atoms with Crippen LogP contribution in [-0.2, 0) is 11.8 Å². The molecule has 1 aromatic carbocycles. The predicted octanol–water partition coefficient (Wildman–Crippen LogP) is 1.30. The lowest BCUT2D eigenvalue weighted by Crippen LogP contribution is -2.34. The van der Waals surface area contributed by atoms with E-state index in [1.807, 2.05) is 6.92 Å². The standard InChI is InChI=1S/C14H16N4O5S/c1-4-11(24-13-14(20)23-16-17(13)3)12(19)15-10-6-5-9(18(21)22)7-8(10)2/h5-7,11H,4H2,1-3H3,(H-,15,16,19,20). The van der Waals surface area contributed by atoms with Crippen LogP contribution in [0.3, 0.4) is 0 Å². The summed E-state index contributed by atoms with van der Waals surface area (Å²) in [5.74, 6) is -0.902. The number of nitrogens with one attached hydrogen (secondary N) is 1. The van der Waals surface area contributed by atoms with Crippen molar-refractivity contribution in [1.82, 2.24) is 5.27 Å². The minimum Gasteiger partial charge on any atom is -0.538 e. The Hall–Kier alpha value is -2.62. The number of hydrogen-bond acceptors (Lipinski definition) is 7. The molecule has 2 aromatic rings. The average Bonchev–Trinajstić information content (AvgIpc) is 2.85. The third kappa shape index (κ3) is 3.82. The van der Waals surface area contributed by atoms with Crippen molar-refractivity contribution >= 4 is 29.0 Å². The number of aromatic nitrogens is 2. The van der Waals surface area contributed by atoms with Crippen LogP contribution in [0.2, 0.25) is 0 Å². The first-order valence-electron chi connectivity index (χ1n) is 7.09. The molecule has 0 aliphatic heterocycles. The molecule has 0 spiro atoms. The first-order valence-corrected chi connectivity index (χ1v) is 7.97. The van der Waals surface area contributed by atoms with Gasteiger partial charge in [0, 0.05) is 17.8 Å². The molecular formula is C14H16N4O5S. The quantitative estimate of drug-likeness (QED) is 0.359. The van der Waals surface area contributed by atoms with E-state index < -0.39 is 16.1 Å². The van der Waals surface area contributed by atoms with Gasteiger partial charge in [0.25, 0.3) is 10.7 Å². The Morgan fingerprint density at radius 3 is 2.75 bits per heavy atom. The van der Waals surface area contributed by atoms with E-state index >= 15 is 0 Å². The number of nitro benzene ring substituents is 1. The van der Waals surface area contributed by atoms with Crippen molar-refractivity contribution in [2.75, 3.05) is 5.32 Å². The van der Waals surface area contributed by atoms with Crippen LogP contribution in [0.4, 0.5) is 11.4 Å². The number of thioether (sulfide) groups is 1. The zero-order valence-electron chi connectivity index (χ0n) is 13.3. The van der Waals surface area contributed by atoms with Gasteiger partial charge in [-0.25, -0.2) is 0 Å². The molecule has 2 rings (SSSR count). The molecule has 0 fully saturated rings. The number of nitro groups is 1. The highest BCUT2D eigenvalue weighted by atomic mass is 32.2. The van der Waals surface area contributed by atoms with Crippen molar-refractivity contribution in [2.24, 2.45) is 7.05 Å². The lowest BCUT2D eigenvalue weighted by atomic mass is 10.1. The van der Waals surface area contributed by atoms with Crippen LogP contribution in [0.1, 0.15) is 18.9 Å². The molecule has 1 heterocycles. The van der Waals surface area contributed by atoms with E-state index in [2.05, 4.69) is 15.1 Å². The molecule has 24 heavy (non-hydrogen) atoms. The fraction of sp³-hybridized carbons (Fsp3) is 0.357. The van der Waals surface area contributed by atoms with Crippen LogP contribution >= 0.6 is 11.8 Å². The first-order chi connectivity index (χ1) is 11.3. The SMILES string of the molecule is CCC(Sc1c([O-])on[n+]1C)C(=O)Nc1ccc([N+](=O)[O-])cc1C. The molecule has 0 saturated heterocycles. The Labute approximate surface area is 141 Å². The molecule has 1 unspecified atom stereocenters. The van der Waals surface area contributed by atoms with Gasteiger partial charge in [0.05, 0.1) is 15.4 Å². The Morgan fingerprint density at radius 1 is 1.54 bits per heavy atom. The summed E-state index contributed by atoms with van der Waals surface area (Å²) in [6, 6.07) is 4.20. The first kappa shape index (κ1) is 17.7. The van der Waals surface area contributed by atoms with E-state index in [9.17, 15) is 20.0 Å². The summed E-state index contributed by atoms with van der Waals surface area (Å²) in [4.78, 5) is 22.7. The largest absolute Gasteiger partial charge is 0.538 e. The third-order valence-corrected chi connectivity index (χ3v) is 4.80. The highest BCUT2D eigenvalue weighted by Crippen LogP contribution is 2.29. The van der Waals surface area contributed by atoms with E-state index in [1.54, 1.807) is 14.0 Å². The number of benzene rings is 1. The van der Waals surface area contributed by atoms with Crippen LogP contribution in [0, 0.1) is 17.0 Å². The van der Waals surface area contributed by atoms with Crippen LogP contribution < -0.4 is 15.1 Å². The van der Waals surface area contributed by atoms with Crippen molar-refractivity contribution in [3.05, 3.63) is 33.9 Å². The van der Waals surface area contributed by atoms with Gasteiger partial charge in [0.2, 0.25) is 5.91 Å². The van der Waals surface area contributed by atoms with Gasteiger partial charge in [-0.3, -0.25) is 14.9 Å². The smallest absolute Gasteiger partial charge is 0.291 e. The second-order valence-electron chi connectivity index (χ2n) is 5.05. The minimum atomic E-state index is -0.597. The van der Waals surface area contributed by atoms with Crippen LogP contribution in [-0.4, -0.2) is 21.4 Å². The normalized spacial score (nSPS) is 12.0. The topological polar surface area (TPSA) is 125 Å². The van der Waals surface area contributed by atoms with Crippen molar-refractivity contribution < 1.29 is 24.0 Å². The minimum absolute atomic E-state index is 0.0422. The van der Waals surface area contributed by atoms with Crippen LogP contribution in [0.5, 0.6) is 5.95 Å². The molecular weight excluding hydrogens is 336 g/mol. The highest BCUT2D eigenvalue weighted by molar-refractivity contribution is 8.00. The van der Waals surface area contributed by atoms with Crippen molar-refractivity contribution in [1.29, 1.82) is 0 Å². The molecule has 0 aliphatic carbocycles. The van der Waals surface area contributed by atoms with E-state index in [4.69, 9.17) is 0 Å². The Kier molecular flexibility index (Phi) is 5.39. The van der Waals surface area contributed by atoms with Gasteiger partial charge in [0.15, 0.2) is 13.0 Å². The lowest BCUT2D eigenvalue weighted by Gasteiger charge is -2.14. The number of anilines is 1. The van der Waals surface area contributed by atoms with E-state index in [0.29, 0.717) is 17.7 Å². The second kappa shape index (κ2) is 7.30. The molecule has 9 nitrogen and oxygen atoms in total. The maximum absolute atomic E-state index is 12.4. The van der Waals surface area contributed by atoms with E-state index in [1.165, 1.54) is 22.9 Å². The number of carbonyl (C=O) groups is 1. The number of carbonyl (C=O) groups excluding carboxylic acids is 1. The Bertz CT molecular complexity index is 757. The third-order valence-electron chi connectivity index (χ3n) is 3.31. The summed E-state index contributed by atoms with van der Waals surface area (Å²) in [7, 11) is 1.55. The van der Waals surface area contributed by atoms with Crippen molar-refractivity contribution in [3.63, 3.8) is 0 Å². The van der Waals surface area contributed by atoms with E-state index in [0.717, 1.165) is 11.8 Å². The second-order valence-corrected chi connectivity index (χ2v) is 6.24. The molecule has 0 aliphatic rings. The molecule has 128 valence electrons. The molecule has 1 aromatic heterocycles. The summed E-state index contributed by atoms with van der Waals surface area (Å²) in [6.07, 6.45) is 0.479. The summed E-state index contributed by atoms with van der Waals surface area (Å²) in [5, 5.41) is 28.3. The Balaban J connectivity index is 2.14. The molecule has 1 amide bonds. The van der Waals surface area contributed by atoms with Gasteiger partial charge in [-0.15, -0.1) is 0 Å². The zero-order chi connectivity index (χ0) is 17.9. The number of nitrogens with zero attached hydrogens (tertiary/aromatic N) is 3. The van der Waals surface area contributed by atoms with Gasteiger partial charge in [0.1, 0.15) is 0 Å². The number of amides is 1. The van der Waals surface area contributed by atoms with Gasteiger partial charge in [-0.2, -0.15) is 0 Å². The average molecular weight is 352 g/mol. The van der Waals surface area contributed by atoms with Crippen LogP contribution in [0.25, 0.3) is 0 Å². The summed E-state index contributed by atoms with van der Waals surface area (Å²) in [5.41, 5.74) is 1.03. The summed E-state index contributed by atoms with van der Waals surface area (Å²) >= 11 is 1.06. The highest BCUT2D eigenvalue weighted by Gasteiger charge is 2.25. The number of non-ortho nitro benzene ring substituents is 1. The fourth-order valence-corrected chi connectivity index (χ4v) is 2.92. The maximum atomic E-state index is 12.4. The van der Waals surface area contributed by atoms with Crippen molar-refractivity contribution in [3.8, 4) is 5.95 Å². The fourth-order valence-electron chi connectivity index (χ4n) is 2.00. The van der Waals surface area contributed by atoms with Gasteiger partial charge >= 0.3 is 0 Å². The molecule has 0 radical (unpaired) electrons. The van der Waals surface area contributed by atoms with Crippen LogP contribution in [0.15, 0.2) is 27.7 Å². The lowest BCUT2D eigenvalue weighted by molar-refractivity contribution is -0.772. The zero-order valence-corrected chi connectivity index (χ0v) is 14.1. The summed E-state index contributed by atoms with van der Waals surface area (Å²) in [6.45, 7) is 3.49. The maximum Gasteiger partial charge on any atom is 0.291 e. The molecule has 0 saturated carbocycles. The number of hydrogen-bond donors (Lipinski definition) is 1. The summed E-state index contributed by atoms with van der Waals surface area (Å²) < 4.78 is 5.81. The van der Waals surface area contributed by atoms with Gasteiger partial charge < -0.3 is 14.9 Å². The molecule has 1 N–H and O–H groups in total. The number of rotatable bonds is 6. The van der Waals surface area contributed by atoms with E-state index in [-0.39, 0.29) is 16.6 Å². The molecule has 0 bridgehead atoms. The van der Waals surface area contributed by atoms with Gasteiger partial charge in [-0.1, -0.05) is 11.6 Å². The monoisotopic (exact) mass is 352 g/mol. The predicted molar refractivity (Wildman–Crippen MR) is 83.5 cm³/mol. The molecule has 1 atom stereocenters. The molecule has 10 heteroatoms. The number of aryl methyl sites for hydroxylation is 2. The van der Waals surface area contributed by atoms with Gasteiger partial charge in [-0.05, 0) is 36.7 Å². The Morgan fingerprint density at radius 2 is 2.25 bits per heavy atom. The van der Waals surface area contributed by atoms with Crippen molar-refractivity contribution in [2.45, 2.75) is 30.5 Å².